The number of ketones is 1. The fraction of sp³-hybridized carbons (Fsp3) is 0.529. The van der Waals surface area contributed by atoms with Crippen molar-refractivity contribution in [2.45, 2.75) is 46.0 Å². The number of hydrogen-bond acceptors (Lipinski definition) is 4. The third kappa shape index (κ3) is 8.12. The molecule has 0 unspecified atom stereocenters. The lowest BCUT2D eigenvalue weighted by atomic mass is 10.1. The second-order valence-corrected chi connectivity index (χ2v) is 5.61. The summed E-state index contributed by atoms with van der Waals surface area (Å²) in [6.45, 7) is 4.57. The standard InChI is InChI=1S/C17H24O4/c1-13(2)11-12-21-17(20)10-9-16(19)8-5-14-3-6-15(18)7-4-14/h3-4,6-7,13,18H,5,8-12H2,1-2H3. The highest BCUT2D eigenvalue weighted by Crippen LogP contribution is 2.12. The van der Waals surface area contributed by atoms with E-state index in [0.717, 1.165) is 12.0 Å². The molecule has 1 aromatic rings. The molecular formula is C17H24O4. The van der Waals surface area contributed by atoms with Crippen LogP contribution in [0.15, 0.2) is 24.3 Å². The van der Waals surface area contributed by atoms with Gasteiger partial charge in [-0.05, 0) is 36.5 Å². The van der Waals surface area contributed by atoms with Crippen molar-refractivity contribution in [3.05, 3.63) is 29.8 Å². The summed E-state index contributed by atoms with van der Waals surface area (Å²) in [6.07, 6.45) is 2.28. The van der Waals surface area contributed by atoms with Crippen molar-refractivity contribution in [3.8, 4) is 5.75 Å². The van der Waals surface area contributed by atoms with Gasteiger partial charge in [-0.3, -0.25) is 9.59 Å². The van der Waals surface area contributed by atoms with Crippen LogP contribution in [0.1, 0.15) is 45.1 Å². The molecule has 4 heteroatoms. The van der Waals surface area contributed by atoms with Crippen LogP contribution in [0.25, 0.3) is 0 Å². The van der Waals surface area contributed by atoms with E-state index in [0.29, 0.717) is 25.4 Å². The van der Waals surface area contributed by atoms with Gasteiger partial charge in [-0.15, -0.1) is 0 Å². The quantitative estimate of drug-likeness (QED) is 0.710. The molecule has 21 heavy (non-hydrogen) atoms. The van der Waals surface area contributed by atoms with Gasteiger partial charge in [0.05, 0.1) is 13.0 Å². The lowest BCUT2D eigenvalue weighted by Crippen LogP contribution is -2.10. The molecule has 0 aliphatic rings. The first-order valence-corrected chi connectivity index (χ1v) is 7.42. The highest BCUT2D eigenvalue weighted by Gasteiger charge is 2.09. The number of esters is 1. The van der Waals surface area contributed by atoms with Crippen molar-refractivity contribution in [2.75, 3.05) is 6.61 Å². The average molecular weight is 292 g/mol. The minimum Gasteiger partial charge on any atom is -0.508 e. The summed E-state index contributed by atoms with van der Waals surface area (Å²) >= 11 is 0. The Labute approximate surface area is 126 Å². The largest absolute Gasteiger partial charge is 0.508 e. The Kier molecular flexibility index (Phi) is 7.51. The number of phenolic OH excluding ortho intramolecular Hbond substituents is 1. The second kappa shape index (κ2) is 9.16. The molecule has 0 saturated heterocycles. The zero-order valence-electron chi connectivity index (χ0n) is 12.8. The lowest BCUT2D eigenvalue weighted by Gasteiger charge is -2.06. The SMILES string of the molecule is CC(C)CCOC(=O)CCC(=O)CCc1ccc(O)cc1. The molecule has 1 N–H and O–H groups in total. The zero-order valence-corrected chi connectivity index (χ0v) is 12.8. The van der Waals surface area contributed by atoms with E-state index >= 15 is 0 Å². The van der Waals surface area contributed by atoms with Gasteiger partial charge < -0.3 is 9.84 Å². The average Bonchev–Trinajstić information content (AvgIpc) is 2.44. The molecule has 4 nitrogen and oxygen atoms in total. The highest BCUT2D eigenvalue weighted by atomic mass is 16.5. The van der Waals surface area contributed by atoms with Crippen LogP contribution in [-0.2, 0) is 20.7 Å². The van der Waals surface area contributed by atoms with E-state index in [1.807, 2.05) is 0 Å². The molecule has 0 fully saturated rings. The van der Waals surface area contributed by atoms with E-state index in [-0.39, 0.29) is 30.3 Å². The predicted octanol–water partition coefficient (Wildman–Crippen LogP) is 3.26. The molecule has 0 amide bonds. The Hall–Kier alpha value is -1.84. The number of aryl methyl sites for hydroxylation is 1. The van der Waals surface area contributed by atoms with E-state index in [4.69, 9.17) is 9.84 Å². The molecule has 1 aromatic carbocycles. The minimum absolute atomic E-state index is 0.0592. The number of hydrogen-bond donors (Lipinski definition) is 1. The van der Waals surface area contributed by atoms with Gasteiger partial charge in [0, 0.05) is 12.8 Å². The van der Waals surface area contributed by atoms with Crippen LogP contribution in [-0.4, -0.2) is 23.5 Å². The molecule has 0 spiro atoms. The van der Waals surface area contributed by atoms with E-state index in [1.165, 1.54) is 0 Å². The number of carbonyl (C=O) groups is 2. The summed E-state index contributed by atoms with van der Waals surface area (Å²) in [7, 11) is 0. The van der Waals surface area contributed by atoms with Gasteiger partial charge in [-0.25, -0.2) is 0 Å². The summed E-state index contributed by atoms with van der Waals surface area (Å²) in [5.41, 5.74) is 1.00. The molecule has 0 aliphatic heterocycles. The van der Waals surface area contributed by atoms with Crippen molar-refractivity contribution in [2.24, 2.45) is 5.92 Å². The molecule has 0 saturated carbocycles. The highest BCUT2D eigenvalue weighted by molar-refractivity contribution is 5.83. The first-order chi connectivity index (χ1) is 9.97. The topological polar surface area (TPSA) is 63.6 Å². The van der Waals surface area contributed by atoms with Gasteiger partial charge in [-0.2, -0.15) is 0 Å². The number of phenols is 1. The Morgan fingerprint density at radius 2 is 1.76 bits per heavy atom. The molecule has 1 rings (SSSR count). The summed E-state index contributed by atoms with van der Waals surface area (Å²) in [5, 5.41) is 9.17. The van der Waals surface area contributed by atoms with E-state index in [2.05, 4.69) is 13.8 Å². The van der Waals surface area contributed by atoms with Crippen LogP contribution in [0.5, 0.6) is 5.75 Å². The maximum absolute atomic E-state index is 11.7. The van der Waals surface area contributed by atoms with E-state index in [9.17, 15) is 9.59 Å². The second-order valence-electron chi connectivity index (χ2n) is 5.61. The van der Waals surface area contributed by atoms with Crippen molar-refractivity contribution in [1.82, 2.24) is 0 Å². The Bertz CT molecular complexity index is 448. The molecule has 0 atom stereocenters. The number of carbonyl (C=O) groups excluding carboxylic acids is 2. The van der Waals surface area contributed by atoms with Crippen LogP contribution < -0.4 is 0 Å². The first kappa shape index (κ1) is 17.2. The maximum atomic E-state index is 11.7. The lowest BCUT2D eigenvalue weighted by molar-refractivity contribution is -0.145. The Balaban J connectivity index is 2.16. The molecule has 0 aromatic heterocycles. The molecular weight excluding hydrogens is 268 g/mol. The van der Waals surface area contributed by atoms with Gasteiger partial charge in [0.2, 0.25) is 0 Å². The monoisotopic (exact) mass is 292 g/mol. The molecule has 116 valence electrons. The summed E-state index contributed by atoms with van der Waals surface area (Å²) in [4.78, 5) is 23.2. The minimum atomic E-state index is -0.298. The summed E-state index contributed by atoms with van der Waals surface area (Å²) < 4.78 is 5.06. The Morgan fingerprint density at radius 3 is 2.38 bits per heavy atom. The van der Waals surface area contributed by atoms with E-state index < -0.39 is 0 Å². The first-order valence-electron chi connectivity index (χ1n) is 7.42. The van der Waals surface area contributed by atoms with Gasteiger partial charge in [0.1, 0.15) is 11.5 Å². The predicted molar refractivity (Wildman–Crippen MR) is 81.1 cm³/mol. The number of ether oxygens (including phenoxy) is 1. The normalized spacial score (nSPS) is 10.6. The zero-order chi connectivity index (χ0) is 15.7. The van der Waals surface area contributed by atoms with Crippen LogP contribution in [0.3, 0.4) is 0 Å². The number of aromatic hydroxyl groups is 1. The molecule has 0 heterocycles. The van der Waals surface area contributed by atoms with Crippen LogP contribution in [0, 0.1) is 5.92 Å². The van der Waals surface area contributed by atoms with Crippen molar-refractivity contribution < 1.29 is 19.4 Å². The van der Waals surface area contributed by atoms with E-state index in [1.54, 1.807) is 24.3 Å². The Morgan fingerprint density at radius 1 is 1.10 bits per heavy atom. The van der Waals surface area contributed by atoms with Crippen molar-refractivity contribution >= 4 is 11.8 Å². The van der Waals surface area contributed by atoms with Crippen LogP contribution >= 0.6 is 0 Å². The number of rotatable bonds is 9. The number of Topliss-reactive ketones (excluding diaryl/α,β-unsaturated/α-hetero) is 1. The van der Waals surface area contributed by atoms with Crippen molar-refractivity contribution in [3.63, 3.8) is 0 Å². The fourth-order valence-electron chi connectivity index (χ4n) is 1.79. The van der Waals surface area contributed by atoms with Crippen LogP contribution in [0.4, 0.5) is 0 Å². The summed E-state index contributed by atoms with van der Waals surface area (Å²) in [6, 6.07) is 6.80. The molecule has 0 bridgehead atoms. The van der Waals surface area contributed by atoms with Gasteiger partial charge in [0.15, 0.2) is 0 Å². The number of benzene rings is 1. The van der Waals surface area contributed by atoms with Crippen molar-refractivity contribution in [1.29, 1.82) is 0 Å². The van der Waals surface area contributed by atoms with Gasteiger partial charge in [0.25, 0.3) is 0 Å². The smallest absolute Gasteiger partial charge is 0.306 e. The van der Waals surface area contributed by atoms with Gasteiger partial charge in [-0.1, -0.05) is 26.0 Å². The van der Waals surface area contributed by atoms with Crippen LogP contribution in [0.2, 0.25) is 0 Å². The maximum Gasteiger partial charge on any atom is 0.306 e. The molecule has 0 radical (unpaired) electrons. The third-order valence-electron chi connectivity index (χ3n) is 3.20. The summed E-state index contributed by atoms with van der Waals surface area (Å²) in [5.74, 6) is 0.483. The third-order valence-corrected chi connectivity index (χ3v) is 3.20. The molecule has 0 aliphatic carbocycles. The van der Waals surface area contributed by atoms with Gasteiger partial charge >= 0.3 is 5.97 Å². The fourth-order valence-corrected chi connectivity index (χ4v) is 1.79.